The Morgan fingerprint density at radius 2 is 2.21 bits per heavy atom. The van der Waals surface area contributed by atoms with Gasteiger partial charge in [0.05, 0.1) is 27.9 Å². The van der Waals surface area contributed by atoms with Crippen molar-refractivity contribution in [3.8, 4) is 35.4 Å². The lowest BCUT2D eigenvalue weighted by molar-refractivity contribution is -0.121. The van der Waals surface area contributed by atoms with Crippen molar-refractivity contribution in [1.29, 1.82) is 0 Å². The number of methoxy groups -OCH3 is 1. The second-order valence-electron chi connectivity index (χ2n) is 6.83. The number of hydrogen-bond acceptors (Lipinski definition) is 9. The van der Waals surface area contributed by atoms with Crippen LogP contribution in [0.4, 0.5) is 5.82 Å². The van der Waals surface area contributed by atoms with Crippen molar-refractivity contribution in [2.45, 2.75) is 6.54 Å². The lowest BCUT2D eigenvalue weighted by atomic mass is 10.2. The fraction of sp³-hybridized carbons (Fsp3) is 0.136. The number of aromatic nitrogens is 4. The Balaban J connectivity index is 1.53. The lowest BCUT2D eigenvalue weighted by Gasteiger charge is -2.11. The first-order valence-electron chi connectivity index (χ1n) is 9.81. The number of hydrogen-bond donors (Lipinski definition) is 2. The molecule has 0 saturated heterocycles. The largest absolute Gasteiger partial charge is 0.493 e. The zero-order valence-electron chi connectivity index (χ0n) is 17.9. The van der Waals surface area contributed by atoms with E-state index in [0.29, 0.717) is 28.4 Å². The van der Waals surface area contributed by atoms with Gasteiger partial charge in [-0.05, 0) is 62.7 Å². The monoisotopic (exact) mass is 571 g/mol. The molecule has 0 spiro atoms. The number of nitrogens with zero attached hydrogens (tertiary/aromatic N) is 5. The van der Waals surface area contributed by atoms with E-state index in [2.05, 4.69) is 54.3 Å². The molecule has 3 N–H and O–H groups in total. The summed E-state index contributed by atoms with van der Waals surface area (Å²) in [4.78, 5) is 17.2. The predicted molar refractivity (Wildman–Crippen MR) is 133 cm³/mol. The van der Waals surface area contributed by atoms with Crippen molar-refractivity contribution in [3.63, 3.8) is 0 Å². The second-order valence-corrected chi connectivity index (χ2v) is 7.99. The first-order chi connectivity index (χ1) is 16.5. The fourth-order valence-corrected chi connectivity index (χ4v) is 3.97. The number of nitrogens with one attached hydrogen (secondary N) is 1. The van der Waals surface area contributed by atoms with Crippen molar-refractivity contribution < 1.29 is 18.9 Å². The SMILES string of the molecule is C#CCOc1c(I)cc(C=NNC(=O)Cn2c(-c3nonc3N)nc3ccccc32)cc1OC. The van der Waals surface area contributed by atoms with Crippen LogP contribution in [0.2, 0.25) is 0 Å². The third kappa shape index (κ3) is 4.79. The smallest absolute Gasteiger partial charge is 0.260 e. The number of nitrogens with two attached hydrogens (primary N) is 1. The number of hydrazone groups is 1. The van der Waals surface area contributed by atoms with Gasteiger partial charge >= 0.3 is 0 Å². The van der Waals surface area contributed by atoms with Crippen LogP contribution >= 0.6 is 22.6 Å². The van der Waals surface area contributed by atoms with Gasteiger partial charge in [0.1, 0.15) is 13.2 Å². The summed E-state index contributed by atoms with van der Waals surface area (Å²) in [5, 5.41) is 11.5. The number of carbonyl (C=O) groups excluding carboxylic acids is 1. The highest BCUT2D eigenvalue weighted by Gasteiger charge is 2.20. The molecule has 0 aliphatic carbocycles. The third-order valence-corrected chi connectivity index (χ3v) is 5.44. The van der Waals surface area contributed by atoms with Gasteiger partial charge in [0.15, 0.2) is 28.8 Å². The Labute approximate surface area is 207 Å². The highest BCUT2D eigenvalue weighted by molar-refractivity contribution is 14.1. The molecule has 11 nitrogen and oxygen atoms in total. The van der Waals surface area contributed by atoms with E-state index in [1.165, 1.54) is 13.3 Å². The van der Waals surface area contributed by atoms with Gasteiger partial charge in [-0.25, -0.2) is 15.0 Å². The quantitative estimate of drug-likeness (QED) is 0.142. The predicted octanol–water partition coefficient (Wildman–Crippen LogP) is 2.44. The molecule has 172 valence electrons. The number of terminal acetylenes is 1. The standard InChI is InChI=1S/C22H18IN7O4/c1-3-8-33-20-14(23)9-13(10-17(20)32-2)11-25-27-18(31)12-30-16-7-5-4-6-15(16)26-22(30)19-21(24)29-34-28-19/h1,4-7,9-11H,8,12H2,2H3,(H2,24,29)(H,27,31). The maximum atomic E-state index is 12.7. The molecule has 2 heterocycles. The Hall–Kier alpha value is -4.12. The van der Waals surface area contributed by atoms with Crippen LogP contribution in [0.1, 0.15) is 5.56 Å². The van der Waals surface area contributed by atoms with E-state index in [1.807, 2.05) is 30.3 Å². The van der Waals surface area contributed by atoms with E-state index in [1.54, 1.807) is 10.6 Å². The summed E-state index contributed by atoms with van der Waals surface area (Å²) in [5.74, 6) is 3.52. The highest BCUT2D eigenvalue weighted by atomic mass is 127. The second kappa shape index (κ2) is 10.2. The number of rotatable bonds is 8. The van der Waals surface area contributed by atoms with Gasteiger partial charge in [-0.15, -0.1) is 6.42 Å². The maximum Gasteiger partial charge on any atom is 0.260 e. The number of imidazole rings is 1. The number of halogens is 1. The molecule has 2 aromatic heterocycles. The number of fused-ring (bicyclic) bond motifs is 1. The van der Waals surface area contributed by atoms with Crippen LogP contribution in [0.3, 0.4) is 0 Å². The summed E-state index contributed by atoms with van der Waals surface area (Å²) >= 11 is 2.11. The molecule has 2 aromatic carbocycles. The number of benzene rings is 2. The average Bonchev–Trinajstić information content (AvgIpc) is 3.41. The summed E-state index contributed by atoms with van der Waals surface area (Å²) in [5.41, 5.74) is 10.7. The van der Waals surface area contributed by atoms with Crippen LogP contribution in [0.5, 0.6) is 11.5 Å². The zero-order valence-corrected chi connectivity index (χ0v) is 20.0. The van der Waals surface area contributed by atoms with Crippen LogP contribution in [0.15, 0.2) is 46.1 Å². The van der Waals surface area contributed by atoms with E-state index < -0.39 is 0 Å². The topological polar surface area (TPSA) is 143 Å². The molecule has 0 atom stereocenters. The van der Waals surface area contributed by atoms with Crippen molar-refractivity contribution in [2.24, 2.45) is 5.10 Å². The van der Waals surface area contributed by atoms with Gasteiger partial charge in [-0.2, -0.15) is 5.10 Å². The zero-order chi connectivity index (χ0) is 24.1. The molecule has 0 saturated carbocycles. The van der Waals surface area contributed by atoms with Crippen molar-refractivity contribution in [2.75, 3.05) is 19.5 Å². The van der Waals surface area contributed by atoms with Crippen LogP contribution < -0.4 is 20.6 Å². The normalized spacial score (nSPS) is 11.0. The first-order valence-corrected chi connectivity index (χ1v) is 10.9. The molecular formula is C22H18IN7O4. The molecule has 0 aliphatic rings. The number of para-hydroxylation sites is 2. The fourth-order valence-electron chi connectivity index (χ4n) is 3.19. The van der Waals surface area contributed by atoms with E-state index >= 15 is 0 Å². The minimum Gasteiger partial charge on any atom is -0.493 e. The number of ether oxygens (including phenoxy) is 2. The van der Waals surface area contributed by atoms with E-state index in [0.717, 1.165) is 9.09 Å². The van der Waals surface area contributed by atoms with Gasteiger partial charge in [0.25, 0.3) is 5.91 Å². The minimum absolute atomic E-state index is 0.0770. The van der Waals surface area contributed by atoms with Crippen LogP contribution in [0, 0.1) is 15.9 Å². The minimum atomic E-state index is -0.383. The average molecular weight is 571 g/mol. The molecule has 0 aliphatic heterocycles. The number of nitrogen functional groups attached to an aromatic ring is 1. The molecule has 0 unspecified atom stereocenters. The summed E-state index contributed by atoms with van der Waals surface area (Å²) in [6.07, 6.45) is 6.76. The maximum absolute atomic E-state index is 12.7. The molecule has 4 rings (SSSR count). The molecular weight excluding hydrogens is 553 g/mol. The summed E-state index contributed by atoms with van der Waals surface area (Å²) in [6, 6.07) is 10.9. The van der Waals surface area contributed by atoms with Crippen molar-refractivity contribution in [1.82, 2.24) is 25.3 Å². The Bertz CT molecular complexity index is 1420. The number of amides is 1. The number of carbonyl (C=O) groups is 1. The summed E-state index contributed by atoms with van der Waals surface area (Å²) < 4.78 is 18.1. The number of anilines is 1. The van der Waals surface area contributed by atoms with Crippen molar-refractivity contribution in [3.05, 3.63) is 45.5 Å². The van der Waals surface area contributed by atoms with E-state index in [-0.39, 0.29) is 30.6 Å². The summed E-state index contributed by atoms with van der Waals surface area (Å²) in [6.45, 7) is 0.0377. The molecule has 0 bridgehead atoms. The molecule has 12 heteroatoms. The molecule has 34 heavy (non-hydrogen) atoms. The van der Waals surface area contributed by atoms with Gasteiger partial charge < -0.3 is 19.8 Å². The van der Waals surface area contributed by atoms with Crippen LogP contribution in [0.25, 0.3) is 22.6 Å². The Morgan fingerprint density at radius 1 is 1.38 bits per heavy atom. The molecule has 1 amide bonds. The van der Waals surface area contributed by atoms with Crippen LogP contribution in [-0.2, 0) is 11.3 Å². The molecule has 0 fully saturated rings. The lowest BCUT2D eigenvalue weighted by Crippen LogP contribution is -2.23. The summed E-state index contributed by atoms with van der Waals surface area (Å²) in [7, 11) is 1.53. The molecule has 4 aromatic rings. The van der Waals surface area contributed by atoms with E-state index in [9.17, 15) is 4.79 Å². The molecule has 0 radical (unpaired) electrons. The van der Waals surface area contributed by atoms with Gasteiger partial charge in [0.2, 0.25) is 0 Å². The highest BCUT2D eigenvalue weighted by Crippen LogP contribution is 2.33. The van der Waals surface area contributed by atoms with Crippen LogP contribution in [-0.4, -0.2) is 45.7 Å². The Morgan fingerprint density at radius 3 is 2.94 bits per heavy atom. The van der Waals surface area contributed by atoms with Gasteiger partial charge in [-0.1, -0.05) is 18.1 Å². The van der Waals surface area contributed by atoms with Gasteiger partial charge in [-0.3, -0.25) is 4.79 Å². The first kappa shape index (κ1) is 23.1. The van der Waals surface area contributed by atoms with E-state index in [4.69, 9.17) is 26.3 Å². The Kier molecular flexibility index (Phi) is 6.93. The van der Waals surface area contributed by atoms with Crippen molar-refractivity contribution >= 4 is 51.6 Å². The van der Waals surface area contributed by atoms with Gasteiger partial charge in [0, 0.05) is 0 Å². The third-order valence-electron chi connectivity index (χ3n) is 4.64.